The highest BCUT2D eigenvalue weighted by molar-refractivity contribution is 8.26. The summed E-state index contributed by atoms with van der Waals surface area (Å²) in [5, 5.41) is 0.933. The van der Waals surface area contributed by atoms with Gasteiger partial charge in [0.15, 0.2) is 4.32 Å². The quantitative estimate of drug-likeness (QED) is 0.608. The largest absolute Gasteiger partial charge is 0.281 e. The summed E-state index contributed by atoms with van der Waals surface area (Å²) in [6.45, 7) is 3.01. The molecule has 0 radical (unpaired) electrons. The van der Waals surface area contributed by atoms with E-state index >= 15 is 0 Å². The SMILES string of the molecule is CC(C)S(=O)(=O)NN1C(=O)/C(=C\c2ccc(Cl)c(Cl)c2)SC1=S. The Bertz CT molecular complexity index is 807. The molecule has 1 aromatic rings. The summed E-state index contributed by atoms with van der Waals surface area (Å²) < 4.78 is 23.9. The van der Waals surface area contributed by atoms with Crippen molar-refractivity contribution in [2.24, 2.45) is 0 Å². The lowest BCUT2D eigenvalue weighted by molar-refractivity contribution is -0.123. The molecule has 0 spiro atoms. The zero-order chi connectivity index (χ0) is 17.4. The van der Waals surface area contributed by atoms with Crippen LogP contribution in [0.4, 0.5) is 0 Å². The first kappa shape index (κ1) is 18.7. The predicted octanol–water partition coefficient (Wildman–Crippen LogP) is 3.44. The van der Waals surface area contributed by atoms with Crippen LogP contribution >= 0.6 is 47.2 Å². The zero-order valence-corrected chi connectivity index (χ0v) is 16.0. The van der Waals surface area contributed by atoms with Gasteiger partial charge in [0.2, 0.25) is 10.0 Å². The lowest BCUT2D eigenvalue weighted by Gasteiger charge is -2.17. The number of hydrogen-bond donors (Lipinski definition) is 1. The molecule has 0 aromatic heterocycles. The molecule has 5 nitrogen and oxygen atoms in total. The number of nitrogens with zero attached hydrogens (tertiary/aromatic N) is 1. The first-order valence-electron chi connectivity index (χ1n) is 6.36. The van der Waals surface area contributed by atoms with Gasteiger partial charge in [-0.05, 0) is 37.6 Å². The van der Waals surface area contributed by atoms with E-state index in [9.17, 15) is 13.2 Å². The lowest BCUT2D eigenvalue weighted by Crippen LogP contribution is -2.47. The van der Waals surface area contributed by atoms with E-state index in [0.29, 0.717) is 20.5 Å². The van der Waals surface area contributed by atoms with Crippen LogP contribution < -0.4 is 4.83 Å². The Hall–Kier alpha value is -0.640. The number of amides is 1. The normalized spacial score (nSPS) is 17.6. The fourth-order valence-corrected chi connectivity index (χ4v) is 3.77. The monoisotopic (exact) mass is 410 g/mol. The Morgan fingerprint density at radius 1 is 1.30 bits per heavy atom. The van der Waals surface area contributed by atoms with Gasteiger partial charge in [-0.2, -0.15) is 0 Å². The number of nitrogens with one attached hydrogen (secondary N) is 1. The molecule has 124 valence electrons. The van der Waals surface area contributed by atoms with E-state index in [-0.39, 0.29) is 4.32 Å². The van der Waals surface area contributed by atoms with Crippen molar-refractivity contribution in [3.05, 3.63) is 38.7 Å². The number of benzene rings is 1. The molecule has 0 unspecified atom stereocenters. The number of carbonyl (C=O) groups excluding carboxylic acids is 1. The van der Waals surface area contributed by atoms with Crippen molar-refractivity contribution in [1.82, 2.24) is 9.84 Å². The van der Waals surface area contributed by atoms with Gasteiger partial charge >= 0.3 is 0 Å². The predicted molar refractivity (Wildman–Crippen MR) is 98.7 cm³/mol. The van der Waals surface area contributed by atoms with Gasteiger partial charge < -0.3 is 0 Å². The summed E-state index contributed by atoms with van der Waals surface area (Å²) in [5.74, 6) is -0.532. The zero-order valence-electron chi connectivity index (χ0n) is 12.0. The van der Waals surface area contributed by atoms with Crippen LogP contribution in [0.3, 0.4) is 0 Å². The molecule has 1 aromatic carbocycles. The average molecular weight is 411 g/mol. The second-order valence-corrected chi connectivity index (χ2v) is 9.58. The number of thiocarbonyl (C=S) groups is 1. The molecule has 0 bridgehead atoms. The van der Waals surface area contributed by atoms with Crippen molar-refractivity contribution in [2.45, 2.75) is 19.1 Å². The third kappa shape index (κ3) is 4.26. The molecule has 10 heteroatoms. The number of hydrazine groups is 1. The highest BCUT2D eigenvalue weighted by Crippen LogP contribution is 2.33. The third-order valence-corrected chi connectivity index (χ3v) is 6.59. The van der Waals surface area contributed by atoms with E-state index in [0.717, 1.165) is 16.8 Å². The summed E-state index contributed by atoms with van der Waals surface area (Å²) in [6.07, 6.45) is 1.57. The van der Waals surface area contributed by atoms with Gasteiger partial charge in [0.1, 0.15) is 0 Å². The number of hydrogen-bond acceptors (Lipinski definition) is 5. The van der Waals surface area contributed by atoms with E-state index in [1.54, 1.807) is 24.3 Å². The second-order valence-electron chi connectivity index (χ2n) is 4.88. The molecule has 0 aliphatic carbocycles. The Morgan fingerprint density at radius 2 is 1.96 bits per heavy atom. The van der Waals surface area contributed by atoms with Crippen LogP contribution in [0.15, 0.2) is 23.1 Å². The molecular weight excluding hydrogens is 399 g/mol. The van der Waals surface area contributed by atoms with E-state index in [4.69, 9.17) is 35.4 Å². The van der Waals surface area contributed by atoms with Crippen molar-refractivity contribution in [3.8, 4) is 0 Å². The summed E-state index contributed by atoms with van der Waals surface area (Å²) >= 11 is 17.8. The van der Waals surface area contributed by atoms with Gasteiger partial charge in [-0.3, -0.25) is 4.79 Å². The average Bonchev–Trinajstić information content (AvgIpc) is 2.70. The second kappa shape index (κ2) is 7.08. The summed E-state index contributed by atoms with van der Waals surface area (Å²) in [4.78, 5) is 14.8. The first-order chi connectivity index (χ1) is 10.6. The highest BCUT2D eigenvalue weighted by atomic mass is 35.5. The number of thioether (sulfide) groups is 1. The van der Waals surface area contributed by atoms with Gasteiger partial charge in [0, 0.05) is 0 Å². The fraction of sp³-hybridized carbons (Fsp3) is 0.231. The fourth-order valence-electron chi connectivity index (χ4n) is 1.53. The highest BCUT2D eigenvalue weighted by Gasteiger charge is 2.35. The van der Waals surface area contributed by atoms with Crippen LogP contribution in [-0.2, 0) is 14.8 Å². The van der Waals surface area contributed by atoms with Gasteiger partial charge in [-0.25, -0.2) is 13.4 Å². The maximum atomic E-state index is 12.3. The van der Waals surface area contributed by atoms with Gasteiger partial charge in [-0.15, -0.1) is 4.83 Å². The minimum atomic E-state index is -3.67. The summed E-state index contributed by atoms with van der Waals surface area (Å²) in [6, 6.07) is 4.91. The van der Waals surface area contributed by atoms with Crippen LogP contribution in [0.2, 0.25) is 10.0 Å². The Labute approximate surface area is 154 Å². The van der Waals surface area contributed by atoms with Crippen LogP contribution in [0.1, 0.15) is 19.4 Å². The number of rotatable bonds is 4. The molecule has 1 fully saturated rings. The molecule has 1 aliphatic heterocycles. The molecule has 2 rings (SSSR count). The maximum Gasteiger partial charge on any atom is 0.281 e. The first-order valence-corrected chi connectivity index (χ1v) is 9.89. The Kier molecular flexibility index (Phi) is 5.76. The Morgan fingerprint density at radius 3 is 2.52 bits per heavy atom. The van der Waals surface area contributed by atoms with Crippen molar-refractivity contribution in [2.75, 3.05) is 0 Å². The van der Waals surface area contributed by atoms with E-state index in [2.05, 4.69) is 4.83 Å². The number of halogens is 2. The molecule has 1 heterocycles. The van der Waals surface area contributed by atoms with Crippen molar-refractivity contribution < 1.29 is 13.2 Å². The minimum Gasteiger partial charge on any atom is -0.267 e. The molecule has 0 atom stereocenters. The third-order valence-electron chi connectivity index (χ3n) is 2.87. The molecule has 0 saturated carbocycles. The van der Waals surface area contributed by atoms with Crippen molar-refractivity contribution in [1.29, 1.82) is 0 Å². The molecule has 1 aliphatic rings. The van der Waals surface area contributed by atoms with E-state index in [1.807, 2.05) is 0 Å². The summed E-state index contributed by atoms with van der Waals surface area (Å²) in [7, 11) is -3.67. The van der Waals surface area contributed by atoms with Crippen LogP contribution in [0.25, 0.3) is 6.08 Å². The van der Waals surface area contributed by atoms with E-state index < -0.39 is 21.2 Å². The van der Waals surface area contributed by atoms with Crippen LogP contribution in [0, 0.1) is 0 Å². The smallest absolute Gasteiger partial charge is 0.267 e. The molecule has 1 amide bonds. The number of carbonyl (C=O) groups is 1. The van der Waals surface area contributed by atoms with Crippen LogP contribution in [-0.4, -0.2) is 28.9 Å². The lowest BCUT2D eigenvalue weighted by atomic mass is 10.2. The molecule has 23 heavy (non-hydrogen) atoms. The maximum absolute atomic E-state index is 12.3. The van der Waals surface area contributed by atoms with Crippen molar-refractivity contribution in [3.63, 3.8) is 0 Å². The molecule has 1 N–H and O–H groups in total. The minimum absolute atomic E-state index is 0.116. The van der Waals surface area contributed by atoms with Gasteiger partial charge in [-0.1, -0.05) is 53.2 Å². The molecular formula is C13H12Cl2N2O3S3. The molecule has 1 saturated heterocycles. The Balaban J connectivity index is 2.27. The number of sulfonamides is 1. The standard InChI is InChI=1S/C13H12Cl2N2O3S3/c1-7(2)23(19,20)16-17-12(18)11(22-13(17)21)6-8-3-4-9(14)10(15)5-8/h3-7,16H,1-2H3/b11-6+. The van der Waals surface area contributed by atoms with Crippen molar-refractivity contribution >= 4 is 73.5 Å². The topological polar surface area (TPSA) is 66.5 Å². The van der Waals surface area contributed by atoms with Gasteiger partial charge in [0.25, 0.3) is 5.91 Å². The van der Waals surface area contributed by atoms with Crippen LogP contribution in [0.5, 0.6) is 0 Å². The summed E-state index contributed by atoms with van der Waals surface area (Å²) in [5.41, 5.74) is 0.659. The van der Waals surface area contributed by atoms with Gasteiger partial charge in [0.05, 0.1) is 20.2 Å². The van der Waals surface area contributed by atoms with E-state index in [1.165, 1.54) is 13.8 Å².